The number of nitrogens with one attached hydrogen (secondary N) is 1. The summed E-state index contributed by atoms with van der Waals surface area (Å²) in [5, 5.41) is 11.0. The topological polar surface area (TPSA) is 95.9 Å². The average Bonchev–Trinajstić information content (AvgIpc) is 2.76. The summed E-state index contributed by atoms with van der Waals surface area (Å²) in [6, 6.07) is 8.04. The minimum atomic E-state index is -0.695. The standard InChI is InChI=1S/C24H34N2O5/c27-22-12-11-21(24(30)25-22)31-20-9-7-18(8-10-20)19-13-16-26(17-14-19)15-5-3-1-2-4-6-23(28)29/h7-10,19,21H,1-6,11-17H2,(H,28,29)(H,25,27,30). The predicted molar refractivity (Wildman–Crippen MR) is 117 cm³/mol. The normalized spacial score (nSPS) is 20.5. The molecule has 2 N–H and O–H groups in total. The van der Waals surface area contributed by atoms with Crippen molar-refractivity contribution in [1.29, 1.82) is 0 Å². The third-order valence-electron chi connectivity index (χ3n) is 6.27. The van der Waals surface area contributed by atoms with Crippen LogP contribution in [0.2, 0.25) is 0 Å². The van der Waals surface area contributed by atoms with Crippen molar-refractivity contribution in [3.8, 4) is 5.75 Å². The van der Waals surface area contributed by atoms with Gasteiger partial charge < -0.3 is 14.7 Å². The van der Waals surface area contributed by atoms with Gasteiger partial charge in [0.05, 0.1) is 0 Å². The van der Waals surface area contributed by atoms with Gasteiger partial charge in [-0.1, -0.05) is 31.4 Å². The molecule has 3 rings (SSSR count). The van der Waals surface area contributed by atoms with E-state index >= 15 is 0 Å². The number of aliphatic carboxylic acids is 1. The molecular formula is C24H34N2O5. The number of rotatable bonds is 11. The molecule has 7 heteroatoms. The third-order valence-corrected chi connectivity index (χ3v) is 6.27. The van der Waals surface area contributed by atoms with Crippen molar-refractivity contribution in [3.05, 3.63) is 29.8 Å². The van der Waals surface area contributed by atoms with Crippen LogP contribution in [0.1, 0.15) is 75.7 Å². The Balaban J connectivity index is 1.33. The monoisotopic (exact) mass is 430 g/mol. The van der Waals surface area contributed by atoms with E-state index in [1.807, 2.05) is 12.1 Å². The molecule has 0 radical (unpaired) electrons. The van der Waals surface area contributed by atoms with Gasteiger partial charge in [-0.2, -0.15) is 0 Å². The molecule has 2 aliphatic heterocycles. The fourth-order valence-electron chi connectivity index (χ4n) is 4.40. The van der Waals surface area contributed by atoms with Crippen LogP contribution < -0.4 is 10.1 Å². The van der Waals surface area contributed by atoms with Gasteiger partial charge in [0.1, 0.15) is 5.75 Å². The van der Waals surface area contributed by atoms with Crippen molar-refractivity contribution in [2.45, 2.75) is 76.2 Å². The van der Waals surface area contributed by atoms with Gasteiger partial charge in [-0.15, -0.1) is 0 Å². The number of imide groups is 1. The number of hydrogen-bond acceptors (Lipinski definition) is 5. The summed E-state index contributed by atoms with van der Waals surface area (Å²) in [6.07, 6.45) is 8.01. The number of ether oxygens (including phenoxy) is 1. The Labute approximate surface area is 184 Å². The SMILES string of the molecule is O=C(O)CCCCCCCN1CCC(c2ccc(OC3CCC(=O)NC3=O)cc2)CC1. The van der Waals surface area contributed by atoms with Crippen LogP contribution in [0.5, 0.6) is 5.75 Å². The van der Waals surface area contributed by atoms with Gasteiger partial charge in [-0.05, 0) is 68.9 Å². The first-order valence-corrected chi connectivity index (χ1v) is 11.6. The molecule has 2 amide bonds. The van der Waals surface area contributed by atoms with Crippen LogP contribution in [-0.4, -0.2) is 53.5 Å². The lowest BCUT2D eigenvalue weighted by Crippen LogP contribution is -2.46. The fraction of sp³-hybridized carbons (Fsp3) is 0.625. The zero-order chi connectivity index (χ0) is 22.1. The largest absolute Gasteiger partial charge is 0.481 e. The van der Waals surface area contributed by atoms with Gasteiger partial charge in [0, 0.05) is 19.3 Å². The maximum atomic E-state index is 11.8. The van der Waals surface area contributed by atoms with E-state index in [-0.39, 0.29) is 18.2 Å². The van der Waals surface area contributed by atoms with E-state index in [1.165, 1.54) is 18.4 Å². The Morgan fingerprint density at radius 3 is 2.35 bits per heavy atom. The molecule has 1 unspecified atom stereocenters. The van der Waals surface area contributed by atoms with Crippen LogP contribution >= 0.6 is 0 Å². The Kier molecular flexibility index (Phi) is 8.88. The van der Waals surface area contributed by atoms with Gasteiger partial charge in [-0.25, -0.2) is 0 Å². The number of likely N-dealkylation sites (tertiary alicyclic amines) is 1. The van der Waals surface area contributed by atoms with E-state index in [2.05, 4.69) is 22.3 Å². The summed E-state index contributed by atoms with van der Waals surface area (Å²) in [5.41, 5.74) is 1.31. The molecule has 0 bridgehead atoms. The highest BCUT2D eigenvalue weighted by molar-refractivity contribution is 5.99. The quantitative estimate of drug-likeness (QED) is 0.412. The third kappa shape index (κ3) is 7.65. The molecule has 2 saturated heterocycles. The highest BCUT2D eigenvalue weighted by Gasteiger charge is 2.28. The number of carbonyl (C=O) groups is 3. The highest BCUT2D eigenvalue weighted by atomic mass is 16.5. The Morgan fingerprint density at radius 2 is 1.68 bits per heavy atom. The summed E-state index contributed by atoms with van der Waals surface area (Å²) < 4.78 is 5.76. The number of nitrogens with zero attached hydrogens (tertiary/aromatic N) is 1. The predicted octanol–water partition coefficient (Wildman–Crippen LogP) is 3.48. The molecule has 1 aromatic rings. The van der Waals surface area contributed by atoms with E-state index in [4.69, 9.17) is 9.84 Å². The van der Waals surface area contributed by atoms with Crippen LogP contribution in [0.15, 0.2) is 24.3 Å². The molecule has 2 fully saturated rings. The smallest absolute Gasteiger partial charge is 0.303 e. The van der Waals surface area contributed by atoms with Crippen molar-refractivity contribution in [3.63, 3.8) is 0 Å². The molecule has 0 aromatic heterocycles. The van der Waals surface area contributed by atoms with Gasteiger partial charge in [-0.3, -0.25) is 19.7 Å². The summed E-state index contributed by atoms with van der Waals surface area (Å²) >= 11 is 0. The van der Waals surface area contributed by atoms with E-state index in [9.17, 15) is 14.4 Å². The molecule has 0 saturated carbocycles. The van der Waals surface area contributed by atoms with E-state index in [0.29, 0.717) is 24.5 Å². The van der Waals surface area contributed by atoms with Crippen molar-refractivity contribution < 1.29 is 24.2 Å². The first kappa shape index (κ1) is 23.3. The minimum Gasteiger partial charge on any atom is -0.481 e. The Bertz CT molecular complexity index is 741. The lowest BCUT2D eigenvalue weighted by molar-refractivity contribution is -0.139. The van der Waals surface area contributed by atoms with Crippen LogP contribution in [-0.2, 0) is 14.4 Å². The second-order valence-corrected chi connectivity index (χ2v) is 8.65. The number of benzene rings is 1. The molecular weight excluding hydrogens is 396 g/mol. The van der Waals surface area contributed by atoms with Crippen molar-refractivity contribution >= 4 is 17.8 Å². The number of hydrogen-bond donors (Lipinski definition) is 2. The van der Waals surface area contributed by atoms with Gasteiger partial charge in [0.15, 0.2) is 6.10 Å². The average molecular weight is 431 g/mol. The minimum absolute atomic E-state index is 0.234. The molecule has 31 heavy (non-hydrogen) atoms. The number of piperidine rings is 2. The van der Waals surface area contributed by atoms with Crippen molar-refractivity contribution in [2.75, 3.05) is 19.6 Å². The molecule has 2 aliphatic rings. The lowest BCUT2D eigenvalue weighted by atomic mass is 9.89. The second kappa shape index (κ2) is 11.8. The Hall–Kier alpha value is -2.41. The maximum absolute atomic E-state index is 11.8. The first-order valence-electron chi connectivity index (χ1n) is 11.6. The van der Waals surface area contributed by atoms with Crippen LogP contribution in [0.3, 0.4) is 0 Å². The first-order chi connectivity index (χ1) is 15.0. The van der Waals surface area contributed by atoms with Crippen LogP contribution in [0, 0.1) is 0 Å². The van der Waals surface area contributed by atoms with Gasteiger partial charge in [0.25, 0.3) is 5.91 Å². The second-order valence-electron chi connectivity index (χ2n) is 8.65. The van der Waals surface area contributed by atoms with E-state index in [0.717, 1.165) is 51.7 Å². The number of unbranched alkanes of at least 4 members (excludes halogenated alkanes) is 4. The van der Waals surface area contributed by atoms with E-state index < -0.39 is 12.1 Å². The molecule has 1 atom stereocenters. The summed E-state index contributed by atoms with van der Waals surface area (Å²) in [5.74, 6) is -0.0643. The fourth-order valence-corrected chi connectivity index (χ4v) is 4.40. The van der Waals surface area contributed by atoms with Gasteiger partial charge >= 0.3 is 5.97 Å². The number of carboxylic acid groups (broad SMARTS) is 1. The molecule has 0 aliphatic carbocycles. The maximum Gasteiger partial charge on any atom is 0.303 e. The zero-order valence-electron chi connectivity index (χ0n) is 18.2. The zero-order valence-corrected chi connectivity index (χ0v) is 18.2. The van der Waals surface area contributed by atoms with Gasteiger partial charge in [0.2, 0.25) is 5.91 Å². The Morgan fingerprint density at radius 1 is 1.00 bits per heavy atom. The summed E-state index contributed by atoms with van der Waals surface area (Å²) in [7, 11) is 0. The van der Waals surface area contributed by atoms with Crippen LogP contribution in [0.25, 0.3) is 0 Å². The van der Waals surface area contributed by atoms with Crippen molar-refractivity contribution in [2.24, 2.45) is 0 Å². The van der Waals surface area contributed by atoms with Crippen molar-refractivity contribution in [1.82, 2.24) is 10.2 Å². The molecule has 0 spiro atoms. The number of carboxylic acids is 1. The van der Waals surface area contributed by atoms with E-state index in [1.54, 1.807) is 0 Å². The molecule has 2 heterocycles. The summed E-state index contributed by atoms with van der Waals surface area (Å²) in [4.78, 5) is 36.1. The molecule has 170 valence electrons. The van der Waals surface area contributed by atoms with Crippen LogP contribution in [0.4, 0.5) is 0 Å². The highest BCUT2D eigenvalue weighted by Crippen LogP contribution is 2.30. The number of carbonyl (C=O) groups excluding carboxylic acids is 2. The molecule has 1 aromatic carbocycles. The summed E-state index contributed by atoms with van der Waals surface area (Å²) in [6.45, 7) is 3.35. The lowest BCUT2D eigenvalue weighted by Gasteiger charge is -2.32. The number of amides is 2. The molecule has 7 nitrogen and oxygen atoms in total.